The van der Waals surface area contributed by atoms with Crippen molar-refractivity contribution in [1.29, 1.82) is 0 Å². The van der Waals surface area contributed by atoms with Gasteiger partial charge in [0.25, 0.3) is 5.56 Å². The van der Waals surface area contributed by atoms with Crippen molar-refractivity contribution in [2.75, 3.05) is 32.4 Å². The van der Waals surface area contributed by atoms with Crippen LogP contribution in [-0.2, 0) is 21.4 Å². The second-order valence-corrected chi connectivity index (χ2v) is 7.59. The zero-order valence-corrected chi connectivity index (χ0v) is 13.9. The van der Waals surface area contributed by atoms with Crippen LogP contribution in [0.3, 0.4) is 0 Å². The molecular formula is C14H17N5O4S. The summed E-state index contributed by atoms with van der Waals surface area (Å²) in [6.07, 6.45) is 1.15. The predicted octanol–water partition coefficient (Wildman–Crippen LogP) is -1.10. The molecule has 0 bridgehead atoms. The van der Waals surface area contributed by atoms with Crippen LogP contribution < -0.4 is 5.56 Å². The van der Waals surface area contributed by atoms with Gasteiger partial charge in [-0.1, -0.05) is 17.3 Å². The van der Waals surface area contributed by atoms with Crippen LogP contribution in [0.15, 0.2) is 29.1 Å². The molecule has 9 nitrogen and oxygen atoms in total. The molecule has 0 saturated carbocycles. The van der Waals surface area contributed by atoms with E-state index in [-0.39, 0.29) is 31.1 Å². The summed E-state index contributed by atoms with van der Waals surface area (Å²) in [7, 11) is -3.25. The van der Waals surface area contributed by atoms with Gasteiger partial charge in [-0.15, -0.1) is 5.10 Å². The summed E-state index contributed by atoms with van der Waals surface area (Å²) in [5, 5.41) is 8.14. The number of benzene rings is 1. The van der Waals surface area contributed by atoms with E-state index < -0.39 is 10.0 Å². The van der Waals surface area contributed by atoms with Crippen molar-refractivity contribution in [1.82, 2.24) is 24.2 Å². The Morgan fingerprint density at radius 1 is 1.17 bits per heavy atom. The van der Waals surface area contributed by atoms with E-state index in [1.54, 1.807) is 24.3 Å². The third-order valence-corrected chi connectivity index (χ3v) is 5.28. The molecule has 1 aromatic carbocycles. The minimum atomic E-state index is -3.25. The SMILES string of the molecule is CS(=O)(=O)N1CCN(C(=O)Cn2nnc3ccccc3c2=O)CC1. The molecule has 10 heteroatoms. The molecule has 1 saturated heterocycles. The van der Waals surface area contributed by atoms with Crippen molar-refractivity contribution < 1.29 is 13.2 Å². The summed E-state index contributed by atoms with van der Waals surface area (Å²) in [6, 6.07) is 6.80. The Balaban J connectivity index is 1.72. The van der Waals surface area contributed by atoms with Crippen LogP contribution in [0, 0.1) is 0 Å². The quantitative estimate of drug-likeness (QED) is 0.695. The Hall–Kier alpha value is -2.33. The van der Waals surface area contributed by atoms with Crippen molar-refractivity contribution in [3.63, 3.8) is 0 Å². The summed E-state index contributed by atoms with van der Waals surface area (Å²) in [5.74, 6) is -0.283. The standard InChI is InChI=1S/C14H17N5O4S/c1-24(22,23)18-8-6-17(7-9-18)13(20)10-19-14(21)11-4-2-3-5-12(11)15-16-19/h2-5H,6-10H2,1H3. The van der Waals surface area contributed by atoms with Gasteiger partial charge in [-0.25, -0.2) is 13.1 Å². The number of nitrogens with zero attached hydrogens (tertiary/aromatic N) is 5. The minimum Gasteiger partial charge on any atom is -0.338 e. The maximum atomic E-state index is 12.3. The number of sulfonamides is 1. The lowest BCUT2D eigenvalue weighted by atomic mass is 10.2. The third-order valence-electron chi connectivity index (χ3n) is 3.97. The number of fused-ring (bicyclic) bond motifs is 1. The fourth-order valence-corrected chi connectivity index (χ4v) is 3.45. The summed E-state index contributed by atoms with van der Waals surface area (Å²) in [4.78, 5) is 26.2. The van der Waals surface area contributed by atoms with E-state index in [0.29, 0.717) is 24.0 Å². The smallest absolute Gasteiger partial charge is 0.278 e. The van der Waals surface area contributed by atoms with Crippen LogP contribution in [0.1, 0.15) is 0 Å². The zero-order valence-electron chi connectivity index (χ0n) is 13.1. The lowest BCUT2D eigenvalue weighted by Gasteiger charge is -2.33. The largest absolute Gasteiger partial charge is 0.338 e. The van der Waals surface area contributed by atoms with Gasteiger partial charge >= 0.3 is 0 Å². The van der Waals surface area contributed by atoms with Crippen LogP contribution >= 0.6 is 0 Å². The summed E-state index contributed by atoms with van der Waals surface area (Å²) >= 11 is 0. The van der Waals surface area contributed by atoms with E-state index in [1.165, 1.54) is 9.21 Å². The van der Waals surface area contributed by atoms with Gasteiger partial charge in [-0.05, 0) is 12.1 Å². The number of aromatic nitrogens is 3. The highest BCUT2D eigenvalue weighted by molar-refractivity contribution is 7.88. The van der Waals surface area contributed by atoms with Crippen LogP contribution in [0.5, 0.6) is 0 Å². The van der Waals surface area contributed by atoms with Gasteiger partial charge in [0.2, 0.25) is 15.9 Å². The molecule has 0 unspecified atom stereocenters. The van der Waals surface area contributed by atoms with E-state index in [1.807, 2.05) is 0 Å². The summed E-state index contributed by atoms with van der Waals surface area (Å²) in [5.41, 5.74) is 0.108. The molecule has 1 fully saturated rings. The van der Waals surface area contributed by atoms with Gasteiger partial charge in [0.1, 0.15) is 12.1 Å². The Labute approximate surface area is 138 Å². The molecule has 3 rings (SSSR count). The van der Waals surface area contributed by atoms with Gasteiger partial charge in [-0.3, -0.25) is 9.59 Å². The first-order chi connectivity index (χ1) is 11.4. The Bertz CT molecular complexity index is 932. The molecule has 0 atom stereocenters. The molecule has 0 spiro atoms. The Morgan fingerprint density at radius 2 is 1.83 bits per heavy atom. The van der Waals surface area contributed by atoms with Crippen molar-refractivity contribution in [3.05, 3.63) is 34.6 Å². The van der Waals surface area contributed by atoms with Crippen molar-refractivity contribution in [2.24, 2.45) is 0 Å². The topological polar surface area (TPSA) is 105 Å². The second kappa shape index (κ2) is 6.29. The number of rotatable bonds is 3. The first-order valence-electron chi connectivity index (χ1n) is 7.42. The predicted molar refractivity (Wildman–Crippen MR) is 86.8 cm³/mol. The molecule has 24 heavy (non-hydrogen) atoms. The Morgan fingerprint density at radius 3 is 2.50 bits per heavy atom. The number of hydrogen-bond acceptors (Lipinski definition) is 6. The normalized spacial score (nSPS) is 16.5. The van der Waals surface area contributed by atoms with Crippen molar-refractivity contribution >= 4 is 26.8 Å². The highest BCUT2D eigenvalue weighted by atomic mass is 32.2. The number of carbonyl (C=O) groups is 1. The van der Waals surface area contributed by atoms with E-state index in [2.05, 4.69) is 10.3 Å². The van der Waals surface area contributed by atoms with Gasteiger partial charge in [-0.2, -0.15) is 4.31 Å². The lowest BCUT2D eigenvalue weighted by Crippen LogP contribution is -2.51. The van der Waals surface area contributed by atoms with Gasteiger partial charge in [0.05, 0.1) is 11.6 Å². The van der Waals surface area contributed by atoms with Crippen LogP contribution in [0.4, 0.5) is 0 Å². The number of carbonyl (C=O) groups excluding carboxylic acids is 1. The number of amides is 1. The third kappa shape index (κ3) is 3.29. The monoisotopic (exact) mass is 351 g/mol. The molecule has 2 heterocycles. The summed E-state index contributed by atoms with van der Waals surface area (Å²) < 4.78 is 25.3. The van der Waals surface area contributed by atoms with E-state index in [0.717, 1.165) is 10.9 Å². The van der Waals surface area contributed by atoms with Gasteiger partial charge < -0.3 is 4.90 Å². The molecule has 1 aliphatic rings. The average Bonchev–Trinajstić information content (AvgIpc) is 2.57. The molecule has 1 amide bonds. The number of hydrogen-bond donors (Lipinski definition) is 0. The van der Waals surface area contributed by atoms with Crippen molar-refractivity contribution in [3.8, 4) is 0 Å². The molecular weight excluding hydrogens is 334 g/mol. The van der Waals surface area contributed by atoms with E-state index in [9.17, 15) is 18.0 Å². The molecule has 0 radical (unpaired) electrons. The molecule has 0 N–H and O–H groups in total. The first kappa shape index (κ1) is 16.5. The van der Waals surface area contributed by atoms with Gasteiger partial charge in [0, 0.05) is 26.2 Å². The highest BCUT2D eigenvalue weighted by Crippen LogP contribution is 2.07. The second-order valence-electron chi connectivity index (χ2n) is 5.61. The molecule has 1 aliphatic heterocycles. The fourth-order valence-electron chi connectivity index (χ4n) is 2.62. The zero-order chi connectivity index (χ0) is 17.3. The van der Waals surface area contributed by atoms with E-state index >= 15 is 0 Å². The first-order valence-corrected chi connectivity index (χ1v) is 9.26. The van der Waals surface area contributed by atoms with Crippen LogP contribution in [0.2, 0.25) is 0 Å². The Kier molecular flexibility index (Phi) is 4.33. The fraction of sp³-hybridized carbons (Fsp3) is 0.429. The van der Waals surface area contributed by atoms with E-state index in [4.69, 9.17) is 0 Å². The molecule has 128 valence electrons. The van der Waals surface area contributed by atoms with Crippen LogP contribution in [0.25, 0.3) is 10.9 Å². The minimum absolute atomic E-state index is 0.213. The van der Waals surface area contributed by atoms with Crippen LogP contribution in [-0.4, -0.2) is 71.0 Å². The number of piperazine rings is 1. The highest BCUT2D eigenvalue weighted by Gasteiger charge is 2.26. The molecule has 1 aromatic heterocycles. The maximum absolute atomic E-state index is 12.3. The average molecular weight is 351 g/mol. The van der Waals surface area contributed by atoms with Gasteiger partial charge in [0.15, 0.2) is 0 Å². The van der Waals surface area contributed by atoms with Crippen molar-refractivity contribution in [2.45, 2.75) is 6.54 Å². The maximum Gasteiger partial charge on any atom is 0.278 e. The summed E-state index contributed by atoms with van der Waals surface area (Å²) in [6.45, 7) is 0.880. The molecule has 0 aliphatic carbocycles. The lowest BCUT2D eigenvalue weighted by molar-refractivity contribution is -0.133. The molecule has 2 aromatic rings.